The van der Waals surface area contributed by atoms with Gasteiger partial charge in [0.2, 0.25) is 15.8 Å². The molecule has 2 N–H and O–H groups in total. The second-order valence-corrected chi connectivity index (χ2v) is 9.97. The maximum atomic E-state index is 12.6. The molecule has 0 saturated heterocycles. The van der Waals surface area contributed by atoms with Gasteiger partial charge in [0.1, 0.15) is 12.3 Å². The summed E-state index contributed by atoms with van der Waals surface area (Å²) in [5, 5.41) is 3.37. The van der Waals surface area contributed by atoms with Crippen LogP contribution < -0.4 is 14.8 Å². The van der Waals surface area contributed by atoms with Crippen molar-refractivity contribution in [2.24, 2.45) is 0 Å². The first-order valence-electron chi connectivity index (χ1n) is 9.52. The number of Topliss-reactive ketones (excluding diaryl/α,β-unsaturated/α-hetero) is 1. The summed E-state index contributed by atoms with van der Waals surface area (Å²) in [5.41, 5.74) is 0.891. The number of ether oxygens (including phenoxy) is 1. The molecule has 2 rings (SSSR count). The van der Waals surface area contributed by atoms with Crippen molar-refractivity contribution in [1.82, 2.24) is 5.32 Å². The fraction of sp³-hybridized carbons (Fsp3) is 0.333. The molecule has 0 atom stereocenters. The third-order valence-corrected chi connectivity index (χ3v) is 5.16. The Labute approximate surface area is 187 Å². The number of rotatable bonds is 11. The number of ketones is 1. The molecule has 0 fully saturated rings. The maximum Gasteiger partial charge on any atom is 0.258 e. The fourth-order valence-electron chi connectivity index (χ4n) is 2.73. The molecular formula is C21H27ClN3O5S+. The van der Waals surface area contributed by atoms with Crippen LogP contribution in [0.15, 0.2) is 48.5 Å². The van der Waals surface area contributed by atoms with Gasteiger partial charge in [-0.2, -0.15) is 0 Å². The van der Waals surface area contributed by atoms with Crippen molar-refractivity contribution in [2.45, 2.75) is 0 Å². The number of amides is 1. The van der Waals surface area contributed by atoms with Gasteiger partial charge in [-0.3, -0.25) is 14.3 Å². The van der Waals surface area contributed by atoms with E-state index in [1.54, 1.807) is 48.5 Å². The topological polar surface area (TPSA) is 102 Å². The van der Waals surface area contributed by atoms with Crippen molar-refractivity contribution >= 4 is 39.0 Å². The Balaban J connectivity index is 1.76. The van der Waals surface area contributed by atoms with Crippen molar-refractivity contribution in [3.8, 4) is 5.75 Å². The number of hydrogen-bond acceptors (Lipinski definition) is 5. The molecule has 10 heteroatoms. The number of nitrogens with one attached hydrogen (secondary N) is 2. The lowest BCUT2D eigenvalue weighted by Gasteiger charge is -2.29. The normalized spacial score (nSPS) is 11.6. The quantitative estimate of drug-likeness (QED) is 0.388. The number of carbonyl (C=O) groups is 2. The molecule has 0 bridgehead atoms. The van der Waals surface area contributed by atoms with E-state index in [9.17, 15) is 18.0 Å². The number of halogens is 1. The van der Waals surface area contributed by atoms with Crippen LogP contribution in [0.2, 0.25) is 5.02 Å². The van der Waals surface area contributed by atoms with Crippen LogP contribution in [0.4, 0.5) is 5.69 Å². The Bertz CT molecular complexity index is 1010. The summed E-state index contributed by atoms with van der Waals surface area (Å²) in [7, 11) is 0.428. The van der Waals surface area contributed by atoms with Gasteiger partial charge in [0.15, 0.2) is 6.61 Å². The summed E-state index contributed by atoms with van der Waals surface area (Å²) in [6, 6.07) is 13.0. The molecule has 0 aromatic heterocycles. The SMILES string of the molecule is C[N+](C)(CCNC(=O)COc1ccc(Cl)cc1)CC(=O)c1ccc(NS(C)(=O)=O)cc1. The molecule has 168 valence electrons. The van der Waals surface area contributed by atoms with Crippen molar-refractivity contribution in [3.05, 3.63) is 59.1 Å². The second-order valence-electron chi connectivity index (χ2n) is 7.78. The van der Waals surface area contributed by atoms with E-state index in [1.165, 1.54) is 0 Å². The highest BCUT2D eigenvalue weighted by Crippen LogP contribution is 2.15. The van der Waals surface area contributed by atoms with Crippen LogP contribution in [-0.2, 0) is 14.8 Å². The average Bonchev–Trinajstić information content (AvgIpc) is 2.66. The molecule has 0 unspecified atom stereocenters. The molecule has 0 heterocycles. The molecule has 0 aliphatic carbocycles. The van der Waals surface area contributed by atoms with Gasteiger partial charge in [-0.05, 0) is 48.5 Å². The predicted octanol–water partition coefficient (Wildman–Crippen LogP) is 2.17. The minimum atomic E-state index is -3.37. The second kappa shape index (κ2) is 10.6. The first kappa shape index (κ1) is 24.6. The van der Waals surface area contributed by atoms with Crippen molar-refractivity contribution in [3.63, 3.8) is 0 Å². The largest absolute Gasteiger partial charge is 0.484 e. The van der Waals surface area contributed by atoms with Crippen LogP contribution in [0.3, 0.4) is 0 Å². The molecule has 0 radical (unpaired) electrons. The molecule has 0 aliphatic heterocycles. The summed E-state index contributed by atoms with van der Waals surface area (Å²) < 4.78 is 30.6. The Morgan fingerprint density at radius 1 is 1.03 bits per heavy atom. The first-order chi connectivity index (χ1) is 14.4. The molecule has 31 heavy (non-hydrogen) atoms. The fourth-order valence-corrected chi connectivity index (χ4v) is 3.42. The van der Waals surface area contributed by atoms with Crippen molar-refractivity contribution < 1.29 is 27.2 Å². The van der Waals surface area contributed by atoms with Crippen LogP contribution in [0, 0.1) is 0 Å². The summed E-state index contributed by atoms with van der Waals surface area (Å²) >= 11 is 5.81. The van der Waals surface area contributed by atoms with E-state index < -0.39 is 10.0 Å². The minimum absolute atomic E-state index is 0.0756. The van der Waals surface area contributed by atoms with Gasteiger partial charge in [-0.25, -0.2) is 8.42 Å². The Kier molecular flexibility index (Phi) is 8.43. The van der Waals surface area contributed by atoms with E-state index in [0.29, 0.717) is 39.6 Å². The highest BCUT2D eigenvalue weighted by atomic mass is 35.5. The van der Waals surface area contributed by atoms with Crippen LogP contribution >= 0.6 is 11.6 Å². The number of likely N-dealkylation sites (N-methyl/N-ethyl adjacent to an activating group) is 1. The highest BCUT2D eigenvalue weighted by Gasteiger charge is 2.21. The maximum absolute atomic E-state index is 12.6. The zero-order chi connectivity index (χ0) is 23.1. The number of benzene rings is 2. The molecule has 2 aromatic rings. The molecule has 1 amide bonds. The van der Waals surface area contributed by atoms with E-state index in [1.807, 2.05) is 14.1 Å². The summed E-state index contributed by atoms with van der Waals surface area (Å²) in [6.45, 7) is 1.06. The predicted molar refractivity (Wildman–Crippen MR) is 121 cm³/mol. The molecular weight excluding hydrogens is 442 g/mol. The van der Waals surface area contributed by atoms with Gasteiger partial charge >= 0.3 is 0 Å². The Hall–Kier alpha value is -2.62. The zero-order valence-electron chi connectivity index (χ0n) is 17.7. The number of hydrogen-bond donors (Lipinski definition) is 2. The smallest absolute Gasteiger partial charge is 0.258 e. The van der Waals surface area contributed by atoms with E-state index in [-0.39, 0.29) is 24.8 Å². The van der Waals surface area contributed by atoms with Crippen LogP contribution in [0.1, 0.15) is 10.4 Å². The molecule has 0 saturated carbocycles. The Morgan fingerprint density at radius 2 is 1.65 bits per heavy atom. The van der Waals surface area contributed by atoms with Gasteiger partial charge < -0.3 is 14.5 Å². The lowest BCUT2D eigenvalue weighted by molar-refractivity contribution is -0.880. The van der Waals surface area contributed by atoms with Gasteiger partial charge in [-0.1, -0.05) is 11.6 Å². The molecule has 0 aliphatic rings. The number of sulfonamides is 1. The molecule has 8 nitrogen and oxygen atoms in total. The third kappa shape index (κ3) is 9.37. The summed E-state index contributed by atoms with van der Waals surface area (Å²) in [6.07, 6.45) is 1.06. The van der Waals surface area contributed by atoms with Crippen LogP contribution in [0.5, 0.6) is 5.75 Å². The monoisotopic (exact) mass is 468 g/mol. The summed E-state index contributed by atoms with van der Waals surface area (Å²) in [5.74, 6) is 0.225. The van der Waals surface area contributed by atoms with E-state index >= 15 is 0 Å². The van der Waals surface area contributed by atoms with Crippen LogP contribution in [-0.4, -0.2) is 71.2 Å². The lowest BCUT2D eigenvalue weighted by Crippen LogP contribution is -2.48. The number of nitrogens with zero attached hydrogens (tertiary/aromatic N) is 1. The first-order valence-corrected chi connectivity index (χ1v) is 11.8. The lowest BCUT2D eigenvalue weighted by atomic mass is 10.1. The molecule has 2 aromatic carbocycles. The van der Waals surface area contributed by atoms with Crippen molar-refractivity contribution in [1.29, 1.82) is 0 Å². The van der Waals surface area contributed by atoms with E-state index in [2.05, 4.69) is 10.0 Å². The number of anilines is 1. The van der Waals surface area contributed by atoms with E-state index in [4.69, 9.17) is 16.3 Å². The van der Waals surface area contributed by atoms with Gasteiger partial charge in [0, 0.05) is 16.3 Å². The zero-order valence-corrected chi connectivity index (χ0v) is 19.3. The standard InChI is InChI=1S/C21H26ClN3O5S/c1-25(2,13-12-23-21(27)15-30-19-10-6-17(22)7-11-19)14-20(26)16-4-8-18(9-5-16)24-31(3,28)29/h4-11H,12-15H2,1-3H3,(H-,23,24,26,27)/p+1. The summed E-state index contributed by atoms with van der Waals surface area (Å²) in [4.78, 5) is 24.5. The average molecular weight is 469 g/mol. The van der Waals surface area contributed by atoms with E-state index in [0.717, 1.165) is 6.26 Å². The van der Waals surface area contributed by atoms with Crippen molar-refractivity contribution in [2.75, 3.05) is 51.3 Å². The number of carbonyl (C=O) groups excluding carboxylic acids is 2. The minimum Gasteiger partial charge on any atom is -0.484 e. The third-order valence-electron chi connectivity index (χ3n) is 4.30. The molecule has 0 spiro atoms. The van der Waals surface area contributed by atoms with Crippen LogP contribution in [0.25, 0.3) is 0 Å². The highest BCUT2D eigenvalue weighted by molar-refractivity contribution is 7.92. The Morgan fingerprint density at radius 3 is 2.23 bits per heavy atom. The van der Waals surface area contributed by atoms with Gasteiger partial charge in [0.05, 0.1) is 33.4 Å². The van der Waals surface area contributed by atoms with Gasteiger partial charge in [-0.15, -0.1) is 0 Å². The van der Waals surface area contributed by atoms with Gasteiger partial charge in [0.25, 0.3) is 5.91 Å². The number of quaternary nitrogens is 1.